The van der Waals surface area contributed by atoms with Gasteiger partial charge in [0.15, 0.2) is 0 Å². The Morgan fingerprint density at radius 3 is 2.51 bits per heavy atom. The Morgan fingerprint density at radius 1 is 1.23 bits per heavy atom. The maximum absolute atomic E-state index is 13.4. The predicted molar refractivity (Wildman–Crippen MR) is 136 cm³/mol. The van der Waals surface area contributed by atoms with Gasteiger partial charge in [-0.3, -0.25) is 9.59 Å². The van der Waals surface area contributed by atoms with Gasteiger partial charge in [-0.05, 0) is 53.1 Å². The summed E-state index contributed by atoms with van der Waals surface area (Å²) in [4.78, 5) is 43.9. The Bertz CT molecular complexity index is 891. The number of ether oxygens (including phenoxy) is 2. The number of anilines is 1. The highest BCUT2D eigenvalue weighted by molar-refractivity contribution is 5.99. The molecule has 2 N–H and O–H groups in total. The third-order valence-electron chi connectivity index (χ3n) is 5.89. The van der Waals surface area contributed by atoms with Crippen molar-refractivity contribution in [1.29, 1.82) is 0 Å². The molecule has 196 valence electrons. The molecule has 1 aromatic carbocycles. The average Bonchev–Trinajstić information content (AvgIpc) is 2.77. The summed E-state index contributed by atoms with van der Waals surface area (Å²) in [5.74, 6) is 0.141. The van der Waals surface area contributed by atoms with Crippen LogP contribution in [0.15, 0.2) is 18.2 Å². The predicted octanol–water partition coefficient (Wildman–Crippen LogP) is 2.11. The lowest BCUT2D eigenvalue weighted by molar-refractivity contribution is -0.136. The van der Waals surface area contributed by atoms with E-state index in [1.165, 1.54) is 0 Å². The average molecular weight is 492 g/mol. The first kappa shape index (κ1) is 28.4. The fraction of sp³-hybridized carbons (Fsp3) is 0.640. The van der Waals surface area contributed by atoms with E-state index in [4.69, 9.17) is 9.47 Å². The topological polar surface area (TPSA) is 103 Å². The van der Waals surface area contributed by atoms with Crippen LogP contribution in [-0.2, 0) is 9.53 Å². The van der Waals surface area contributed by atoms with Crippen LogP contribution in [-0.4, -0.2) is 105 Å². The third kappa shape index (κ3) is 8.10. The van der Waals surface area contributed by atoms with E-state index in [9.17, 15) is 14.4 Å². The highest BCUT2D eigenvalue weighted by atomic mass is 16.5. The molecule has 1 aliphatic heterocycles. The largest absolute Gasteiger partial charge is 0.491 e. The smallest absolute Gasteiger partial charge is 0.319 e. The van der Waals surface area contributed by atoms with Crippen LogP contribution in [0.3, 0.4) is 0 Å². The summed E-state index contributed by atoms with van der Waals surface area (Å²) < 4.78 is 11.8. The number of benzene rings is 1. The van der Waals surface area contributed by atoms with Crippen LogP contribution in [0.1, 0.15) is 38.1 Å². The minimum absolute atomic E-state index is 0.00484. The maximum atomic E-state index is 13.4. The number of amides is 4. The van der Waals surface area contributed by atoms with Gasteiger partial charge in [-0.2, -0.15) is 0 Å². The van der Waals surface area contributed by atoms with E-state index in [1.807, 2.05) is 51.6 Å². The van der Waals surface area contributed by atoms with Crippen molar-refractivity contribution >= 4 is 23.5 Å². The molecule has 1 heterocycles. The summed E-state index contributed by atoms with van der Waals surface area (Å²) >= 11 is 0. The van der Waals surface area contributed by atoms with E-state index in [0.29, 0.717) is 30.1 Å². The summed E-state index contributed by atoms with van der Waals surface area (Å²) in [5, 5.41) is 5.53. The zero-order valence-electron chi connectivity index (χ0n) is 22.3. The van der Waals surface area contributed by atoms with Crippen LogP contribution in [0.5, 0.6) is 5.75 Å². The van der Waals surface area contributed by atoms with Gasteiger partial charge in [0.2, 0.25) is 5.91 Å². The zero-order chi connectivity index (χ0) is 26.3. The molecule has 0 aromatic heterocycles. The second-order valence-electron chi connectivity index (χ2n) is 9.85. The normalized spacial score (nSPS) is 21.7. The van der Waals surface area contributed by atoms with Crippen molar-refractivity contribution in [2.45, 2.75) is 45.9 Å². The number of hydrogen-bond acceptors (Lipinski definition) is 6. The summed E-state index contributed by atoms with van der Waals surface area (Å²) in [7, 11) is 7.05. The number of hydrogen-bond donors (Lipinski definition) is 2. The van der Waals surface area contributed by atoms with Crippen molar-refractivity contribution in [2.75, 3.05) is 59.8 Å². The van der Waals surface area contributed by atoms with Crippen LogP contribution in [0, 0.1) is 5.92 Å². The minimum Gasteiger partial charge on any atom is -0.491 e. The van der Waals surface area contributed by atoms with E-state index in [0.717, 1.165) is 0 Å². The number of urea groups is 1. The molecule has 0 fully saturated rings. The molecule has 0 saturated heterocycles. The van der Waals surface area contributed by atoms with E-state index in [1.54, 1.807) is 37.3 Å². The minimum atomic E-state index is -0.355. The first-order valence-corrected chi connectivity index (χ1v) is 12.0. The molecule has 1 aromatic rings. The van der Waals surface area contributed by atoms with Gasteiger partial charge in [0.1, 0.15) is 12.4 Å². The lowest BCUT2D eigenvalue weighted by Gasteiger charge is -2.36. The molecular weight excluding hydrogens is 450 g/mol. The third-order valence-corrected chi connectivity index (χ3v) is 5.89. The number of fused-ring (bicyclic) bond motifs is 1. The molecule has 10 nitrogen and oxygen atoms in total. The number of nitrogens with zero attached hydrogens (tertiary/aromatic N) is 3. The van der Waals surface area contributed by atoms with Gasteiger partial charge in [-0.1, -0.05) is 6.92 Å². The van der Waals surface area contributed by atoms with Crippen LogP contribution >= 0.6 is 0 Å². The highest BCUT2D eigenvalue weighted by Crippen LogP contribution is 2.26. The van der Waals surface area contributed by atoms with Crippen LogP contribution < -0.4 is 15.4 Å². The SMILES string of the molecule is CO[C@H]1CN(C)C(=O)c2cc(NC(=O)NC(C)C)ccc2OC[C@H](C)N(C(=O)CN(C)C)C[C@H]1C. The van der Waals surface area contributed by atoms with Crippen LogP contribution in [0.2, 0.25) is 0 Å². The highest BCUT2D eigenvalue weighted by Gasteiger charge is 2.30. The van der Waals surface area contributed by atoms with Gasteiger partial charge in [0.05, 0.1) is 24.3 Å². The van der Waals surface area contributed by atoms with Crippen molar-refractivity contribution in [3.05, 3.63) is 23.8 Å². The monoisotopic (exact) mass is 491 g/mol. The summed E-state index contributed by atoms with van der Waals surface area (Å²) in [6, 6.07) is 4.38. The number of carbonyl (C=O) groups is 3. The molecule has 0 unspecified atom stereocenters. The molecule has 0 spiro atoms. The van der Waals surface area contributed by atoms with Gasteiger partial charge in [0.25, 0.3) is 5.91 Å². The van der Waals surface area contributed by atoms with Gasteiger partial charge >= 0.3 is 6.03 Å². The first-order valence-electron chi connectivity index (χ1n) is 12.0. The molecule has 4 amide bonds. The Hall–Kier alpha value is -2.85. The lowest BCUT2D eigenvalue weighted by atomic mass is 10.0. The fourth-order valence-electron chi connectivity index (χ4n) is 3.99. The summed E-state index contributed by atoms with van der Waals surface area (Å²) in [5.41, 5.74) is 0.808. The number of methoxy groups -OCH3 is 1. The quantitative estimate of drug-likeness (QED) is 0.654. The van der Waals surface area contributed by atoms with Crippen LogP contribution in [0.25, 0.3) is 0 Å². The van der Waals surface area contributed by atoms with Gasteiger partial charge in [-0.25, -0.2) is 4.79 Å². The van der Waals surface area contributed by atoms with Gasteiger partial charge in [0, 0.05) is 44.9 Å². The molecule has 0 bridgehead atoms. The molecule has 0 radical (unpaired) electrons. The molecule has 10 heteroatoms. The molecule has 3 atom stereocenters. The zero-order valence-corrected chi connectivity index (χ0v) is 22.3. The maximum Gasteiger partial charge on any atom is 0.319 e. The van der Waals surface area contributed by atoms with E-state index >= 15 is 0 Å². The number of nitrogens with one attached hydrogen (secondary N) is 2. The van der Waals surface area contributed by atoms with Gasteiger partial charge in [-0.15, -0.1) is 0 Å². The Kier molecular flexibility index (Phi) is 10.3. The van der Waals surface area contributed by atoms with Crippen molar-refractivity contribution in [3.8, 4) is 5.75 Å². The molecule has 2 rings (SSSR count). The second kappa shape index (κ2) is 12.7. The van der Waals surface area contributed by atoms with Crippen molar-refractivity contribution in [1.82, 2.24) is 20.0 Å². The lowest BCUT2D eigenvalue weighted by Crippen LogP contribution is -2.50. The van der Waals surface area contributed by atoms with Crippen molar-refractivity contribution in [3.63, 3.8) is 0 Å². The van der Waals surface area contributed by atoms with E-state index in [2.05, 4.69) is 10.6 Å². The molecule has 0 saturated carbocycles. The van der Waals surface area contributed by atoms with Crippen molar-refractivity contribution in [2.24, 2.45) is 5.92 Å². The number of likely N-dealkylation sites (N-methyl/N-ethyl adjacent to an activating group) is 2. The number of rotatable bonds is 5. The fourth-order valence-corrected chi connectivity index (χ4v) is 3.99. The summed E-state index contributed by atoms with van der Waals surface area (Å²) in [6.07, 6.45) is -0.271. The first-order chi connectivity index (χ1) is 16.4. The van der Waals surface area contributed by atoms with Gasteiger partial charge < -0.3 is 34.8 Å². The Balaban J connectivity index is 2.41. The van der Waals surface area contributed by atoms with E-state index in [-0.39, 0.29) is 55.1 Å². The molecule has 35 heavy (non-hydrogen) atoms. The second-order valence-corrected chi connectivity index (χ2v) is 9.85. The Morgan fingerprint density at radius 2 is 1.91 bits per heavy atom. The standard InChI is InChI=1S/C25H41N5O5/c1-16(2)26-25(33)27-19-9-10-21-20(11-19)24(32)29(7)13-22(34-8)17(3)12-30(18(4)15-35-21)23(31)14-28(5)6/h9-11,16-18,22H,12-15H2,1-8H3,(H2,26,27,33)/t17-,18+,22+/m1/s1. The van der Waals surface area contributed by atoms with Crippen LogP contribution in [0.4, 0.5) is 10.5 Å². The van der Waals surface area contributed by atoms with E-state index < -0.39 is 0 Å². The molecular formula is C25H41N5O5. The summed E-state index contributed by atoms with van der Waals surface area (Å²) in [6.45, 7) is 9.02. The molecule has 0 aliphatic carbocycles. The Labute approximate surface area is 208 Å². The molecule has 1 aliphatic rings. The van der Waals surface area contributed by atoms with Crippen molar-refractivity contribution < 1.29 is 23.9 Å². The number of carbonyl (C=O) groups excluding carboxylic acids is 3.